The van der Waals surface area contributed by atoms with Gasteiger partial charge in [0.1, 0.15) is 6.10 Å². The smallest absolute Gasteiger partial charge is 0.307 e. The Balaban J connectivity index is 2.25. The molecule has 5 nitrogen and oxygen atoms in total. The highest BCUT2D eigenvalue weighted by Crippen LogP contribution is 2.48. The number of aliphatic hydroxyl groups is 3. The molecule has 0 amide bonds. The van der Waals surface area contributed by atoms with Crippen molar-refractivity contribution in [2.45, 2.75) is 24.2 Å². The van der Waals surface area contributed by atoms with Crippen molar-refractivity contribution in [2.24, 2.45) is 5.92 Å². The predicted octanol–water partition coefficient (Wildman–Crippen LogP) is -1.98. The minimum atomic E-state index is -1.21. The van der Waals surface area contributed by atoms with Crippen LogP contribution in [-0.2, 0) is 9.53 Å². The van der Waals surface area contributed by atoms with E-state index in [1.54, 1.807) is 0 Å². The Bertz CT molecular complexity index is 228. The minimum Gasteiger partial charge on any atom is -0.453 e. The summed E-state index contributed by atoms with van der Waals surface area (Å²) in [6.45, 7) is -0.429. The monoisotopic (exact) mass is 174 g/mol. The molecule has 0 aromatic carbocycles. The Hall–Kier alpha value is -0.650. The number of ether oxygens (including phenoxy) is 1. The van der Waals surface area contributed by atoms with Crippen LogP contribution < -0.4 is 0 Å². The normalized spacial score (nSPS) is 51.2. The van der Waals surface area contributed by atoms with Crippen LogP contribution in [0.5, 0.6) is 0 Å². The molecule has 3 N–H and O–H groups in total. The first-order valence-corrected chi connectivity index (χ1v) is 3.80. The molecule has 0 unspecified atom stereocenters. The maximum atomic E-state index is 10.8. The fraction of sp³-hybridized carbons (Fsp3) is 0.857. The van der Waals surface area contributed by atoms with E-state index in [9.17, 15) is 15.0 Å². The predicted molar refractivity (Wildman–Crippen MR) is 36.0 cm³/mol. The molecule has 68 valence electrons. The molecule has 1 saturated carbocycles. The van der Waals surface area contributed by atoms with Gasteiger partial charge in [-0.05, 0) is 0 Å². The number of hydrogen-bond donors (Lipinski definition) is 3. The van der Waals surface area contributed by atoms with Gasteiger partial charge in [0, 0.05) is 5.92 Å². The quantitative estimate of drug-likeness (QED) is 0.401. The summed E-state index contributed by atoms with van der Waals surface area (Å²) < 4.78 is 4.78. The molecule has 5 heteroatoms. The Morgan fingerprint density at radius 1 is 1.58 bits per heavy atom. The average molecular weight is 174 g/mol. The summed E-state index contributed by atoms with van der Waals surface area (Å²) in [5.41, 5.74) is -1.21. The number of aliphatic hydroxyl groups excluding tert-OH is 3. The van der Waals surface area contributed by atoms with Gasteiger partial charge in [-0.1, -0.05) is 0 Å². The highest BCUT2D eigenvalue weighted by atomic mass is 16.6. The van der Waals surface area contributed by atoms with Crippen molar-refractivity contribution >= 4 is 5.97 Å². The third-order valence-corrected chi connectivity index (χ3v) is 2.80. The lowest BCUT2D eigenvalue weighted by Crippen LogP contribution is -2.69. The molecular weight excluding hydrogens is 164 g/mol. The molecule has 0 spiro atoms. The second-order valence-electron chi connectivity index (χ2n) is 3.33. The second-order valence-corrected chi connectivity index (χ2v) is 3.33. The highest BCUT2D eigenvalue weighted by molar-refractivity contribution is 5.74. The number of fused-ring (bicyclic) bond motifs is 1. The zero-order chi connectivity index (χ0) is 8.93. The van der Waals surface area contributed by atoms with Gasteiger partial charge in [0.2, 0.25) is 0 Å². The van der Waals surface area contributed by atoms with Crippen LogP contribution in [0, 0.1) is 5.92 Å². The van der Waals surface area contributed by atoms with Crippen LogP contribution in [0.25, 0.3) is 0 Å². The Morgan fingerprint density at radius 3 is 2.75 bits per heavy atom. The van der Waals surface area contributed by atoms with Crippen molar-refractivity contribution in [3.8, 4) is 0 Å². The van der Waals surface area contributed by atoms with Crippen molar-refractivity contribution in [2.75, 3.05) is 6.61 Å². The maximum Gasteiger partial charge on any atom is 0.307 e. The molecule has 4 atom stereocenters. The second kappa shape index (κ2) is 2.18. The van der Waals surface area contributed by atoms with Crippen LogP contribution >= 0.6 is 0 Å². The summed E-state index contributed by atoms with van der Waals surface area (Å²) in [5, 5.41) is 27.4. The van der Waals surface area contributed by atoms with Crippen molar-refractivity contribution in [3.05, 3.63) is 0 Å². The summed E-state index contributed by atoms with van der Waals surface area (Å²) in [4.78, 5) is 10.8. The molecule has 1 aliphatic carbocycles. The third kappa shape index (κ3) is 0.663. The van der Waals surface area contributed by atoms with E-state index in [0.717, 1.165) is 0 Å². The molecule has 12 heavy (non-hydrogen) atoms. The van der Waals surface area contributed by atoms with E-state index in [1.165, 1.54) is 0 Å². The van der Waals surface area contributed by atoms with Crippen molar-refractivity contribution in [3.63, 3.8) is 0 Å². The van der Waals surface area contributed by atoms with Gasteiger partial charge in [-0.25, -0.2) is 0 Å². The number of carbonyl (C=O) groups excluding carboxylic acids is 1. The van der Waals surface area contributed by atoms with Gasteiger partial charge in [0.05, 0.1) is 19.1 Å². The van der Waals surface area contributed by atoms with E-state index in [-0.39, 0.29) is 6.42 Å². The van der Waals surface area contributed by atoms with Gasteiger partial charge >= 0.3 is 5.97 Å². The van der Waals surface area contributed by atoms with Crippen molar-refractivity contribution in [1.29, 1.82) is 0 Å². The van der Waals surface area contributed by atoms with Gasteiger partial charge < -0.3 is 20.1 Å². The maximum absolute atomic E-state index is 10.8. The Morgan fingerprint density at radius 2 is 2.25 bits per heavy atom. The van der Waals surface area contributed by atoms with Crippen molar-refractivity contribution in [1.82, 2.24) is 0 Å². The van der Waals surface area contributed by atoms with E-state index in [0.29, 0.717) is 0 Å². The molecule has 0 aromatic rings. The Kier molecular flexibility index (Phi) is 1.45. The zero-order valence-corrected chi connectivity index (χ0v) is 6.30. The average Bonchev–Trinajstić information content (AvgIpc) is 2.39. The third-order valence-electron chi connectivity index (χ3n) is 2.80. The molecule has 2 fully saturated rings. The summed E-state index contributed by atoms with van der Waals surface area (Å²) in [6, 6.07) is 0. The molecule has 1 aliphatic heterocycles. The summed E-state index contributed by atoms with van der Waals surface area (Å²) in [7, 11) is 0. The summed E-state index contributed by atoms with van der Waals surface area (Å²) >= 11 is 0. The topological polar surface area (TPSA) is 87.0 Å². The van der Waals surface area contributed by atoms with Crippen molar-refractivity contribution < 1.29 is 24.9 Å². The lowest BCUT2D eigenvalue weighted by Gasteiger charge is -2.49. The fourth-order valence-corrected chi connectivity index (χ4v) is 2.00. The van der Waals surface area contributed by atoms with Crippen LogP contribution in [0.1, 0.15) is 6.42 Å². The van der Waals surface area contributed by atoms with Crippen LogP contribution in [0.3, 0.4) is 0 Å². The summed E-state index contributed by atoms with van der Waals surface area (Å²) in [6.07, 6.45) is -2.00. The molecule has 1 heterocycles. The lowest BCUT2D eigenvalue weighted by molar-refractivity contribution is -0.252. The first kappa shape index (κ1) is 7.97. The fourth-order valence-electron chi connectivity index (χ4n) is 2.00. The molecule has 0 bridgehead atoms. The minimum absolute atomic E-state index is 0.0821. The van der Waals surface area contributed by atoms with E-state index < -0.39 is 36.3 Å². The van der Waals surface area contributed by atoms with Crippen LogP contribution in [-0.4, -0.2) is 45.7 Å². The van der Waals surface area contributed by atoms with Crippen LogP contribution in [0.15, 0.2) is 0 Å². The zero-order valence-electron chi connectivity index (χ0n) is 6.30. The van der Waals surface area contributed by atoms with E-state index in [4.69, 9.17) is 9.84 Å². The number of carbonyl (C=O) groups is 1. The largest absolute Gasteiger partial charge is 0.453 e. The van der Waals surface area contributed by atoms with E-state index >= 15 is 0 Å². The van der Waals surface area contributed by atoms with Gasteiger partial charge in [0.15, 0.2) is 5.60 Å². The summed E-state index contributed by atoms with van der Waals surface area (Å²) in [5.74, 6) is -0.908. The standard InChI is InChI=1S/C7H10O5/c8-2-7-3(1-4(9)12-7)5(10)6(7)11/h3,5-6,8,10-11H,1-2H2/t3-,5-,6-,7-/m0/s1. The molecule has 0 aromatic heterocycles. The first-order chi connectivity index (χ1) is 5.62. The van der Waals surface area contributed by atoms with Gasteiger partial charge in [-0.15, -0.1) is 0 Å². The molecule has 1 saturated heterocycles. The van der Waals surface area contributed by atoms with Gasteiger partial charge in [-0.2, -0.15) is 0 Å². The molecule has 2 rings (SSSR count). The van der Waals surface area contributed by atoms with E-state index in [2.05, 4.69) is 0 Å². The van der Waals surface area contributed by atoms with Crippen LogP contribution in [0.4, 0.5) is 0 Å². The van der Waals surface area contributed by atoms with Crippen LogP contribution in [0.2, 0.25) is 0 Å². The molecule has 0 radical (unpaired) electrons. The number of rotatable bonds is 1. The SMILES string of the molecule is O=C1C[C@H]2[C@H](O)[C@H](O)[C@@]2(CO)O1. The van der Waals surface area contributed by atoms with Gasteiger partial charge in [0.25, 0.3) is 0 Å². The lowest BCUT2D eigenvalue weighted by atomic mass is 9.65. The Labute approximate surface area is 68.6 Å². The number of hydrogen-bond acceptors (Lipinski definition) is 5. The highest BCUT2D eigenvalue weighted by Gasteiger charge is 2.68. The molecular formula is C7H10O5. The first-order valence-electron chi connectivity index (χ1n) is 3.80. The van der Waals surface area contributed by atoms with Gasteiger partial charge in [-0.3, -0.25) is 4.79 Å². The van der Waals surface area contributed by atoms with E-state index in [1.807, 2.05) is 0 Å². The molecule has 2 aliphatic rings. The number of esters is 1.